The number of hydrogen-bond donors (Lipinski definition) is 0. The molecule has 0 bridgehead atoms. The summed E-state index contributed by atoms with van der Waals surface area (Å²) in [4.78, 5) is 2.69. The van der Waals surface area contributed by atoms with Gasteiger partial charge in [-0.05, 0) is 29.7 Å². The zero-order valence-electron chi connectivity index (χ0n) is 15.9. The highest BCUT2D eigenvalue weighted by Crippen LogP contribution is 2.19. The van der Waals surface area contributed by atoms with Crippen LogP contribution in [0.2, 0.25) is 0 Å². The van der Waals surface area contributed by atoms with Gasteiger partial charge in [-0.3, -0.25) is 4.90 Å². The summed E-state index contributed by atoms with van der Waals surface area (Å²) in [7, 11) is -3.39. The van der Waals surface area contributed by atoms with E-state index in [1.807, 2.05) is 30.3 Å². The fourth-order valence-electron chi connectivity index (χ4n) is 3.32. The van der Waals surface area contributed by atoms with Crippen LogP contribution in [0.25, 0.3) is 6.08 Å². The lowest BCUT2D eigenvalue weighted by Gasteiger charge is -2.33. The SMILES string of the molecule is CCCc1ccc(S(=O)(=O)N2CCN(C/C=C/c3ccccc3)CC2)cc1. The molecule has 0 aromatic heterocycles. The average Bonchev–Trinajstić information content (AvgIpc) is 2.70. The third kappa shape index (κ3) is 5.28. The second kappa shape index (κ2) is 9.31. The first-order valence-corrected chi connectivity index (χ1v) is 11.1. The van der Waals surface area contributed by atoms with E-state index in [-0.39, 0.29) is 0 Å². The Morgan fingerprint density at radius 2 is 1.59 bits per heavy atom. The van der Waals surface area contributed by atoms with Crippen molar-refractivity contribution in [1.82, 2.24) is 9.21 Å². The summed E-state index contributed by atoms with van der Waals surface area (Å²) < 4.78 is 27.3. The first-order chi connectivity index (χ1) is 13.1. The molecule has 0 saturated carbocycles. The van der Waals surface area contributed by atoms with Crippen LogP contribution in [-0.2, 0) is 16.4 Å². The second-order valence-corrected chi connectivity index (χ2v) is 8.85. The summed E-state index contributed by atoms with van der Waals surface area (Å²) in [6.45, 7) is 5.56. The first kappa shape index (κ1) is 19.8. The van der Waals surface area contributed by atoms with E-state index in [9.17, 15) is 8.42 Å². The minimum Gasteiger partial charge on any atom is -0.297 e. The summed E-state index contributed by atoms with van der Waals surface area (Å²) >= 11 is 0. The summed E-state index contributed by atoms with van der Waals surface area (Å²) in [6, 6.07) is 17.6. The Kier molecular flexibility index (Phi) is 6.83. The molecule has 1 fully saturated rings. The molecule has 1 aliphatic heterocycles. The van der Waals surface area contributed by atoms with Crippen LogP contribution in [-0.4, -0.2) is 50.3 Å². The van der Waals surface area contributed by atoms with Crippen LogP contribution in [0.4, 0.5) is 0 Å². The Morgan fingerprint density at radius 3 is 2.22 bits per heavy atom. The summed E-state index contributed by atoms with van der Waals surface area (Å²) in [5.41, 5.74) is 2.37. The van der Waals surface area contributed by atoms with Crippen molar-refractivity contribution in [2.24, 2.45) is 0 Å². The quantitative estimate of drug-likeness (QED) is 0.731. The zero-order chi connectivity index (χ0) is 19.1. The highest BCUT2D eigenvalue weighted by atomic mass is 32.2. The van der Waals surface area contributed by atoms with E-state index in [4.69, 9.17) is 0 Å². The van der Waals surface area contributed by atoms with E-state index in [0.29, 0.717) is 18.0 Å². The van der Waals surface area contributed by atoms with Gasteiger partial charge in [0.1, 0.15) is 0 Å². The molecule has 144 valence electrons. The molecule has 0 spiro atoms. The van der Waals surface area contributed by atoms with E-state index in [0.717, 1.165) is 32.5 Å². The van der Waals surface area contributed by atoms with Gasteiger partial charge in [0.15, 0.2) is 0 Å². The number of aryl methyl sites for hydroxylation is 1. The minimum atomic E-state index is -3.39. The highest BCUT2D eigenvalue weighted by molar-refractivity contribution is 7.89. The lowest BCUT2D eigenvalue weighted by molar-refractivity contribution is 0.204. The van der Waals surface area contributed by atoms with E-state index in [1.165, 1.54) is 11.1 Å². The maximum absolute atomic E-state index is 12.9. The molecule has 0 atom stereocenters. The Bertz CT molecular complexity index is 838. The third-order valence-corrected chi connectivity index (χ3v) is 6.82. The monoisotopic (exact) mass is 384 g/mol. The molecule has 1 saturated heterocycles. The van der Waals surface area contributed by atoms with Gasteiger partial charge in [0.25, 0.3) is 0 Å². The van der Waals surface area contributed by atoms with Gasteiger partial charge in [0.05, 0.1) is 4.90 Å². The van der Waals surface area contributed by atoms with Crippen LogP contribution < -0.4 is 0 Å². The molecule has 0 aliphatic carbocycles. The fourth-order valence-corrected chi connectivity index (χ4v) is 4.74. The van der Waals surface area contributed by atoms with Crippen molar-refractivity contribution in [1.29, 1.82) is 0 Å². The number of sulfonamides is 1. The molecule has 27 heavy (non-hydrogen) atoms. The highest BCUT2D eigenvalue weighted by Gasteiger charge is 2.27. The Balaban J connectivity index is 1.54. The molecule has 2 aromatic carbocycles. The van der Waals surface area contributed by atoms with Crippen LogP contribution in [0.1, 0.15) is 24.5 Å². The Morgan fingerprint density at radius 1 is 0.926 bits per heavy atom. The molecule has 0 unspecified atom stereocenters. The van der Waals surface area contributed by atoms with Crippen molar-refractivity contribution in [3.8, 4) is 0 Å². The predicted octanol–water partition coefficient (Wildman–Crippen LogP) is 3.66. The van der Waals surface area contributed by atoms with Crippen molar-refractivity contribution in [2.75, 3.05) is 32.7 Å². The fraction of sp³-hybridized carbons (Fsp3) is 0.364. The number of hydrogen-bond acceptors (Lipinski definition) is 3. The van der Waals surface area contributed by atoms with Crippen LogP contribution in [0.5, 0.6) is 0 Å². The molecule has 0 N–H and O–H groups in total. The molecular weight excluding hydrogens is 356 g/mol. The number of piperazine rings is 1. The summed E-state index contributed by atoms with van der Waals surface area (Å²) in [5, 5.41) is 0. The van der Waals surface area contributed by atoms with Crippen LogP contribution in [0.15, 0.2) is 65.6 Å². The third-order valence-electron chi connectivity index (χ3n) is 4.90. The lowest BCUT2D eigenvalue weighted by Crippen LogP contribution is -2.48. The predicted molar refractivity (Wildman–Crippen MR) is 111 cm³/mol. The summed E-state index contributed by atoms with van der Waals surface area (Å²) in [5.74, 6) is 0. The largest absolute Gasteiger partial charge is 0.297 e. The Hall–Kier alpha value is -1.95. The van der Waals surface area contributed by atoms with E-state index >= 15 is 0 Å². The molecule has 1 heterocycles. The Labute approximate surface area is 163 Å². The molecule has 1 aliphatic rings. The normalized spacial score (nSPS) is 16.8. The minimum absolute atomic E-state index is 0.403. The zero-order valence-corrected chi connectivity index (χ0v) is 16.7. The molecule has 2 aromatic rings. The lowest BCUT2D eigenvalue weighted by atomic mass is 10.1. The molecule has 3 rings (SSSR count). The topological polar surface area (TPSA) is 40.6 Å². The smallest absolute Gasteiger partial charge is 0.243 e. The standard InChI is InChI=1S/C22H28N2O2S/c1-2-7-20-11-13-22(14-12-20)27(25,26)24-18-16-23(17-19-24)15-6-10-21-8-4-3-5-9-21/h3-6,8-14H,2,7,15-19H2,1H3/b10-6+. The van der Waals surface area contributed by atoms with Gasteiger partial charge >= 0.3 is 0 Å². The molecular formula is C22H28N2O2S. The van der Waals surface area contributed by atoms with Gasteiger partial charge in [-0.2, -0.15) is 4.31 Å². The van der Waals surface area contributed by atoms with Gasteiger partial charge in [-0.15, -0.1) is 0 Å². The van der Waals surface area contributed by atoms with Crippen molar-refractivity contribution in [3.63, 3.8) is 0 Å². The summed E-state index contributed by atoms with van der Waals surface area (Å²) in [6.07, 6.45) is 6.30. The van der Waals surface area contributed by atoms with Crippen LogP contribution >= 0.6 is 0 Å². The molecule has 0 radical (unpaired) electrons. The van der Waals surface area contributed by atoms with E-state index in [1.54, 1.807) is 16.4 Å². The van der Waals surface area contributed by atoms with Crippen molar-refractivity contribution in [2.45, 2.75) is 24.7 Å². The maximum atomic E-state index is 12.9. The van der Waals surface area contributed by atoms with Crippen molar-refractivity contribution in [3.05, 3.63) is 71.8 Å². The molecule has 5 heteroatoms. The molecule has 0 amide bonds. The average molecular weight is 385 g/mol. The van der Waals surface area contributed by atoms with Gasteiger partial charge in [0, 0.05) is 32.7 Å². The maximum Gasteiger partial charge on any atom is 0.243 e. The van der Waals surface area contributed by atoms with E-state index in [2.05, 4.69) is 36.1 Å². The first-order valence-electron chi connectivity index (χ1n) is 9.62. The van der Waals surface area contributed by atoms with Crippen LogP contribution in [0.3, 0.4) is 0 Å². The number of nitrogens with zero attached hydrogens (tertiary/aromatic N) is 2. The number of rotatable bonds is 7. The van der Waals surface area contributed by atoms with Crippen molar-refractivity contribution >= 4 is 16.1 Å². The van der Waals surface area contributed by atoms with Gasteiger partial charge in [0.2, 0.25) is 10.0 Å². The van der Waals surface area contributed by atoms with Gasteiger partial charge in [-0.25, -0.2) is 8.42 Å². The van der Waals surface area contributed by atoms with E-state index < -0.39 is 10.0 Å². The van der Waals surface area contributed by atoms with Gasteiger partial charge in [-0.1, -0.05) is 68.0 Å². The molecule has 4 nitrogen and oxygen atoms in total. The van der Waals surface area contributed by atoms with Crippen LogP contribution in [0, 0.1) is 0 Å². The number of benzene rings is 2. The van der Waals surface area contributed by atoms with Crippen molar-refractivity contribution < 1.29 is 8.42 Å². The van der Waals surface area contributed by atoms with Gasteiger partial charge < -0.3 is 0 Å². The second-order valence-electron chi connectivity index (χ2n) is 6.91.